The summed E-state index contributed by atoms with van der Waals surface area (Å²) in [4.78, 5) is 16.8. The van der Waals surface area contributed by atoms with Crippen LogP contribution in [0.4, 0.5) is 5.82 Å². The van der Waals surface area contributed by atoms with Crippen molar-refractivity contribution in [2.45, 2.75) is 40.5 Å². The number of rotatable bonds is 5. The highest BCUT2D eigenvalue weighted by molar-refractivity contribution is 5.79. The predicted molar refractivity (Wildman–Crippen MR) is 110 cm³/mol. The van der Waals surface area contributed by atoms with Gasteiger partial charge in [0, 0.05) is 37.7 Å². The van der Waals surface area contributed by atoms with E-state index in [-0.39, 0.29) is 5.92 Å². The van der Waals surface area contributed by atoms with E-state index in [1.54, 1.807) is 0 Å². The lowest BCUT2D eigenvalue weighted by atomic mass is 10.0. The quantitative estimate of drug-likeness (QED) is 0.807. The third kappa shape index (κ3) is 4.29. The molecule has 5 nitrogen and oxygen atoms in total. The molecule has 1 aromatic heterocycles. The van der Waals surface area contributed by atoms with E-state index in [1.807, 2.05) is 17.0 Å². The van der Waals surface area contributed by atoms with Crippen LogP contribution in [0.25, 0.3) is 11.3 Å². The van der Waals surface area contributed by atoms with Gasteiger partial charge in [0.05, 0.1) is 5.69 Å². The smallest absolute Gasteiger partial charge is 0.225 e. The molecule has 1 aromatic carbocycles. The minimum atomic E-state index is 0.161. The van der Waals surface area contributed by atoms with Crippen LogP contribution in [0.5, 0.6) is 0 Å². The zero-order chi connectivity index (χ0) is 19.4. The Kier molecular flexibility index (Phi) is 6.09. The van der Waals surface area contributed by atoms with Crippen molar-refractivity contribution in [2.24, 2.45) is 5.92 Å². The van der Waals surface area contributed by atoms with Gasteiger partial charge in [-0.3, -0.25) is 4.79 Å². The van der Waals surface area contributed by atoms with Gasteiger partial charge in [0.2, 0.25) is 5.91 Å². The molecule has 144 valence electrons. The number of hydrogen-bond donors (Lipinski definition) is 0. The predicted octanol–water partition coefficient (Wildman–Crippen LogP) is 3.85. The zero-order valence-corrected chi connectivity index (χ0v) is 16.9. The van der Waals surface area contributed by atoms with Crippen molar-refractivity contribution in [3.8, 4) is 11.3 Å². The van der Waals surface area contributed by atoms with Gasteiger partial charge in [-0.05, 0) is 56.0 Å². The van der Waals surface area contributed by atoms with Crippen LogP contribution < -0.4 is 4.90 Å². The van der Waals surface area contributed by atoms with Crippen LogP contribution in [-0.4, -0.2) is 47.2 Å². The number of carbonyl (C=O) groups excluding carboxylic acids is 1. The van der Waals surface area contributed by atoms with Gasteiger partial charge in [0.25, 0.3) is 0 Å². The molecule has 1 saturated heterocycles. The monoisotopic (exact) mass is 366 g/mol. The lowest BCUT2D eigenvalue weighted by Gasteiger charge is -2.36. The van der Waals surface area contributed by atoms with Crippen LogP contribution >= 0.6 is 0 Å². The van der Waals surface area contributed by atoms with Crippen molar-refractivity contribution in [3.63, 3.8) is 0 Å². The van der Waals surface area contributed by atoms with Crippen LogP contribution in [0.3, 0.4) is 0 Å². The minimum Gasteiger partial charge on any atom is -0.352 e. The van der Waals surface area contributed by atoms with Crippen molar-refractivity contribution < 1.29 is 4.79 Å². The van der Waals surface area contributed by atoms with E-state index in [9.17, 15) is 4.79 Å². The number of hydrogen-bond acceptors (Lipinski definition) is 4. The number of aromatic nitrogens is 2. The van der Waals surface area contributed by atoms with Crippen LogP contribution in [0.2, 0.25) is 0 Å². The van der Waals surface area contributed by atoms with Crippen molar-refractivity contribution in [2.75, 3.05) is 31.1 Å². The number of nitrogens with zero attached hydrogens (tertiary/aromatic N) is 4. The first-order chi connectivity index (χ1) is 13.0. The average Bonchev–Trinajstić information content (AvgIpc) is 2.71. The summed E-state index contributed by atoms with van der Waals surface area (Å²) in [6.45, 7) is 11.5. The molecule has 2 aromatic rings. The van der Waals surface area contributed by atoms with Gasteiger partial charge in [0.15, 0.2) is 5.82 Å². The Bertz CT molecular complexity index is 775. The number of aryl methyl sites for hydroxylation is 2. The Morgan fingerprint density at radius 3 is 2.22 bits per heavy atom. The molecule has 0 spiro atoms. The molecule has 0 unspecified atom stereocenters. The number of benzene rings is 1. The first kappa shape index (κ1) is 19.3. The van der Waals surface area contributed by atoms with Gasteiger partial charge in [-0.25, -0.2) is 0 Å². The number of piperazine rings is 1. The van der Waals surface area contributed by atoms with Crippen LogP contribution in [0.1, 0.15) is 37.8 Å². The SMILES string of the molecule is CCC(CC)C(=O)N1CCN(c2ccc(-c3ccc(C)c(C)c3)nn2)CC1. The van der Waals surface area contributed by atoms with Crippen molar-refractivity contribution >= 4 is 11.7 Å². The molecule has 1 amide bonds. The van der Waals surface area contributed by atoms with Gasteiger partial charge in [-0.15, -0.1) is 10.2 Å². The molecule has 0 radical (unpaired) electrons. The summed E-state index contributed by atoms with van der Waals surface area (Å²) >= 11 is 0. The maximum Gasteiger partial charge on any atom is 0.225 e. The van der Waals surface area contributed by atoms with E-state index in [1.165, 1.54) is 11.1 Å². The normalized spacial score (nSPS) is 14.7. The summed E-state index contributed by atoms with van der Waals surface area (Å²) < 4.78 is 0. The number of anilines is 1. The first-order valence-corrected chi connectivity index (χ1v) is 9.98. The topological polar surface area (TPSA) is 49.3 Å². The molecule has 2 heterocycles. The molecule has 1 aliphatic rings. The molecule has 0 atom stereocenters. The third-order valence-corrected chi connectivity index (χ3v) is 5.70. The second kappa shape index (κ2) is 8.51. The fraction of sp³-hybridized carbons (Fsp3) is 0.500. The summed E-state index contributed by atoms with van der Waals surface area (Å²) in [5, 5.41) is 8.87. The lowest BCUT2D eigenvalue weighted by Crippen LogP contribution is -2.50. The van der Waals surface area contributed by atoms with Gasteiger partial charge in [0.1, 0.15) is 0 Å². The minimum absolute atomic E-state index is 0.161. The standard InChI is InChI=1S/C22H30N4O/c1-5-18(6-2)22(27)26-13-11-25(12-14-26)21-10-9-20(23-24-21)19-8-7-16(3)17(4)15-19/h7-10,15,18H,5-6,11-14H2,1-4H3. The maximum absolute atomic E-state index is 12.5. The third-order valence-electron chi connectivity index (χ3n) is 5.70. The molecule has 1 fully saturated rings. The van der Waals surface area contributed by atoms with Gasteiger partial charge in [-0.1, -0.05) is 26.0 Å². The summed E-state index contributed by atoms with van der Waals surface area (Å²) in [7, 11) is 0. The summed E-state index contributed by atoms with van der Waals surface area (Å²) in [5.74, 6) is 1.35. The van der Waals surface area contributed by atoms with E-state index in [2.05, 4.69) is 61.0 Å². The second-order valence-corrected chi connectivity index (χ2v) is 7.40. The molecule has 0 saturated carbocycles. The highest BCUT2D eigenvalue weighted by atomic mass is 16.2. The largest absolute Gasteiger partial charge is 0.352 e. The Hall–Kier alpha value is -2.43. The molecule has 0 bridgehead atoms. The fourth-order valence-electron chi connectivity index (χ4n) is 3.60. The summed E-state index contributed by atoms with van der Waals surface area (Å²) in [6, 6.07) is 10.4. The molecule has 1 aliphatic heterocycles. The summed E-state index contributed by atoms with van der Waals surface area (Å²) in [5.41, 5.74) is 4.53. The Morgan fingerprint density at radius 2 is 1.67 bits per heavy atom. The van der Waals surface area contributed by atoms with Crippen molar-refractivity contribution in [1.29, 1.82) is 0 Å². The molecular formula is C22H30N4O. The molecule has 3 rings (SSSR count). The van der Waals surface area contributed by atoms with Gasteiger partial charge in [-0.2, -0.15) is 0 Å². The molecular weight excluding hydrogens is 336 g/mol. The van der Waals surface area contributed by atoms with Gasteiger partial charge >= 0.3 is 0 Å². The highest BCUT2D eigenvalue weighted by Crippen LogP contribution is 2.22. The Labute approximate surface area is 162 Å². The fourth-order valence-corrected chi connectivity index (χ4v) is 3.60. The van der Waals surface area contributed by atoms with E-state index < -0.39 is 0 Å². The van der Waals surface area contributed by atoms with Gasteiger partial charge < -0.3 is 9.80 Å². The second-order valence-electron chi connectivity index (χ2n) is 7.40. The molecule has 0 aliphatic carbocycles. The van der Waals surface area contributed by atoms with Crippen LogP contribution in [-0.2, 0) is 4.79 Å². The zero-order valence-electron chi connectivity index (χ0n) is 16.9. The van der Waals surface area contributed by atoms with E-state index >= 15 is 0 Å². The lowest BCUT2D eigenvalue weighted by molar-refractivity contribution is -0.136. The summed E-state index contributed by atoms with van der Waals surface area (Å²) in [6.07, 6.45) is 1.84. The van der Waals surface area contributed by atoms with E-state index in [0.29, 0.717) is 5.91 Å². The van der Waals surface area contributed by atoms with Crippen molar-refractivity contribution in [3.05, 3.63) is 41.5 Å². The van der Waals surface area contributed by atoms with E-state index in [4.69, 9.17) is 0 Å². The average molecular weight is 367 g/mol. The van der Waals surface area contributed by atoms with Crippen LogP contribution in [0.15, 0.2) is 30.3 Å². The number of carbonyl (C=O) groups is 1. The molecule has 0 N–H and O–H groups in total. The first-order valence-electron chi connectivity index (χ1n) is 9.98. The maximum atomic E-state index is 12.5. The van der Waals surface area contributed by atoms with Crippen LogP contribution in [0, 0.1) is 19.8 Å². The molecule has 5 heteroatoms. The molecule has 27 heavy (non-hydrogen) atoms. The number of amides is 1. The Balaban J connectivity index is 1.63. The highest BCUT2D eigenvalue weighted by Gasteiger charge is 2.26. The Morgan fingerprint density at radius 1 is 0.963 bits per heavy atom. The van der Waals surface area contributed by atoms with Crippen molar-refractivity contribution in [1.82, 2.24) is 15.1 Å². The van der Waals surface area contributed by atoms with E-state index in [0.717, 1.165) is 56.1 Å².